The predicted molar refractivity (Wildman–Crippen MR) is 166 cm³/mol. The van der Waals surface area contributed by atoms with Crippen molar-refractivity contribution in [3.05, 3.63) is 125 Å². The van der Waals surface area contributed by atoms with Crippen LogP contribution in [0.1, 0.15) is 61.8 Å². The molecule has 0 spiro atoms. The maximum Gasteiger partial charge on any atom is 0.144 e. The Morgan fingerprint density at radius 2 is 1.22 bits per heavy atom. The summed E-state index contributed by atoms with van der Waals surface area (Å²) in [5, 5.41) is 23.6. The van der Waals surface area contributed by atoms with Gasteiger partial charge in [0.05, 0.1) is 19.3 Å². The van der Waals surface area contributed by atoms with E-state index in [1.807, 2.05) is 84.9 Å². The van der Waals surface area contributed by atoms with E-state index in [0.717, 1.165) is 31.2 Å². The molecule has 2 N–H and O–H groups in total. The summed E-state index contributed by atoms with van der Waals surface area (Å²) in [6, 6.07) is 31.7. The second-order valence-electron chi connectivity index (χ2n) is 10.2. The number of nitrogens with zero attached hydrogens (tertiary/aromatic N) is 1. The van der Waals surface area contributed by atoms with E-state index in [1.54, 1.807) is 24.4 Å². The van der Waals surface area contributed by atoms with Crippen molar-refractivity contribution in [2.24, 2.45) is 4.99 Å². The van der Waals surface area contributed by atoms with Gasteiger partial charge in [0.15, 0.2) is 0 Å². The second-order valence-corrected chi connectivity index (χ2v) is 10.2. The van der Waals surface area contributed by atoms with Crippen molar-refractivity contribution in [2.75, 3.05) is 13.2 Å². The zero-order chi connectivity index (χ0) is 28.9. The van der Waals surface area contributed by atoms with Gasteiger partial charge in [0.1, 0.15) is 22.8 Å². The molecule has 214 valence electrons. The lowest BCUT2D eigenvalue weighted by Crippen LogP contribution is -2.42. The van der Waals surface area contributed by atoms with E-state index in [0.29, 0.717) is 47.8 Å². The van der Waals surface area contributed by atoms with Crippen LogP contribution in [0, 0.1) is 0 Å². The SMILES string of the molecule is CCCCOc1ccccc1C(O)(c1ccccc1OCCCC)C(Cc1ccccc1)N=Cc1ccccc1O. The molecule has 0 saturated heterocycles. The monoisotopic (exact) mass is 551 g/mol. The van der Waals surface area contributed by atoms with Crippen LogP contribution < -0.4 is 9.47 Å². The highest BCUT2D eigenvalue weighted by Gasteiger charge is 2.44. The summed E-state index contributed by atoms with van der Waals surface area (Å²) >= 11 is 0. The van der Waals surface area contributed by atoms with Crippen LogP contribution >= 0.6 is 0 Å². The molecule has 41 heavy (non-hydrogen) atoms. The molecule has 4 rings (SSSR count). The lowest BCUT2D eigenvalue weighted by molar-refractivity contribution is 0.0463. The van der Waals surface area contributed by atoms with E-state index in [2.05, 4.69) is 13.8 Å². The molecule has 4 aromatic rings. The van der Waals surface area contributed by atoms with Gasteiger partial charge in [0, 0.05) is 22.9 Å². The highest BCUT2D eigenvalue weighted by Crippen LogP contribution is 2.44. The van der Waals surface area contributed by atoms with Gasteiger partial charge in [-0.25, -0.2) is 0 Å². The van der Waals surface area contributed by atoms with Crippen LogP contribution in [0.2, 0.25) is 0 Å². The standard InChI is InChI=1S/C36H41NO4/c1-3-5-24-40-33-22-14-11-19-30(33)36(39,31-20-12-15-23-34(31)41-25-6-4-2)35(26-28-16-8-7-9-17-28)37-27-29-18-10-13-21-32(29)38/h7-23,27,35,38-39H,3-6,24-26H2,1-2H3. The van der Waals surface area contributed by atoms with Gasteiger partial charge in [-0.05, 0) is 49.1 Å². The summed E-state index contributed by atoms with van der Waals surface area (Å²) in [4.78, 5) is 5.00. The Bertz CT molecular complexity index is 1330. The molecule has 0 aliphatic rings. The summed E-state index contributed by atoms with van der Waals surface area (Å²) in [6.07, 6.45) is 5.90. The van der Waals surface area contributed by atoms with Crippen LogP contribution in [0.15, 0.2) is 108 Å². The topological polar surface area (TPSA) is 71.3 Å². The van der Waals surface area contributed by atoms with Crippen LogP contribution in [0.4, 0.5) is 0 Å². The van der Waals surface area contributed by atoms with Gasteiger partial charge in [-0.1, -0.05) is 106 Å². The number of phenols is 1. The average molecular weight is 552 g/mol. The number of hydrogen-bond donors (Lipinski definition) is 2. The first-order valence-electron chi connectivity index (χ1n) is 14.6. The zero-order valence-electron chi connectivity index (χ0n) is 24.1. The molecule has 0 aliphatic heterocycles. The first kappa shape index (κ1) is 29.9. The molecule has 1 unspecified atom stereocenters. The molecule has 0 amide bonds. The van der Waals surface area contributed by atoms with Gasteiger partial charge in [0.2, 0.25) is 0 Å². The van der Waals surface area contributed by atoms with Crippen molar-refractivity contribution >= 4 is 6.21 Å². The first-order valence-corrected chi connectivity index (χ1v) is 14.6. The highest BCUT2D eigenvalue weighted by atomic mass is 16.5. The van der Waals surface area contributed by atoms with Crippen molar-refractivity contribution in [1.29, 1.82) is 0 Å². The summed E-state index contributed by atoms with van der Waals surface area (Å²) in [7, 11) is 0. The van der Waals surface area contributed by atoms with Gasteiger partial charge in [0.25, 0.3) is 0 Å². The number of hydrogen-bond acceptors (Lipinski definition) is 5. The van der Waals surface area contributed by atoms with Gasteiger partial charge >= 0.3 is 0 Å². The summed E-state index contributed by atoms with van der Waals surface area (Å²) in [5.41, 5.74) is 1.23. The number of rotatable bonds is 15. The molecule has 0 aromatic heterocycles. The molecule has 5 nitrogen and oxygen atoms in total. The molecular weight excluding hydrogens is 510 g/mol. The number of phenolic OH excluding ortho intramolecular Hbond substituents is 1. The molecular formula is C36H41NO4. The minimum absolute atomic E-state index is 0.129. The predicted octanol–water partition coefficient (Wildman–Crippen LogP) is 7.72. The third-order valence-corrected chi connectivity index (χ3v) is 7.19. The number of para-hydroxylation sites is 3. The Morgan fingerprint density at radius 1 is 0.707 bits per heavy atom. The van der Waals surface area contributed by atoms with Crippen LogP contribution in [-0.4, -0.2) is 35.7 Å². The Kier molecular flexibility index (Phi) is 11.0. The van der Waals surface area contributed by atoms with Crippen LogP contribution in [-0.2, 0) is 12.0 Å². The number of unbranched alkanes of at least 4 members (excludes halogenated alkanes) is 2. The highest BCUT2D eigenvalue weighted by molar-refractivity contribution is 5.83. The number of ether oxygens (including phenoxy) is 2. The number of aliphatic hydroxyl groups is 1. The molecule has 0 heterocycles. The molecule has 0 fully saturated rings. The van der Waals surface area contributed by atoms with E-state index in [-0.39, 0.29) is 5.75 Å². The van der Waals surface area contributed by atoms with Gasteiger partial charge in [-0.15, -0.1) is 0 Å². The quantitative estimate of drug-likeness (QED) is 0.117. The summed E-state index contributed by atoms with van der Waals surface area (Å²) < 4.78 is 12.5. The maximum atomic E-state index is 13.2. The maximum absolute atomic E-state index is 13.2. The van der Waals surface area contributed by atoms with Crippen molar-refractivity contribution in [3.8, 4) is 17.2 Å². The molecule has 0 aliphatic carbocycles. The minimum atomic E-state index is -1.62. The van der Waals surface area contributed by atoms with Crippen molar-refractivity contribution in [3.63, 3.8) is 0 Å². The van der Waals surface area contributed by atoms with Gasteiger partial charge in [-0.2, -0.15) is 0 Å². The van der Waals surface area contributed by atoms with Crippen LogP contribution in [0.25, 0.3) is 0 Å². The smallest absolute Gasteiger partial charge is 0.144 e. The number of benzene rings is 4. The van der Waals surface area contributed by atoms with E-state index in [4.69, 9.17) is 14.5 Å². The summed E-state index contributed by atoms with van der Waals surface area (Å²) in [5.74, 6) is 1.36. The van der Waals surface area contributed by atoms with E-state index >= 15 is 0 Å². The number of aliphatic imine (C=N–C) groups is 1. The Morgan fingerprint density at radius 3 is 1.78 bits per heavy atom. The Hall–Kier alpha value is -4.09. The molecule has 4 aromatic carbocycles. The Labute approximate surface area is 244 Å². The second kappa shape index (κ2) is 15.1. The first-order chi connectivity index (χ1) is 20.1. The Balaban J connectivity index is 1.92. The van der Waals surface area contributed by atoms with Gasteiger partial charge in [-0.3, -0.25) is 4.99 Å². The molecule has 0 bridgehead atoms. The molecule has 0 saturated carbocycles. The van der Waals surface area contributed by atoms with Crippen molar-refractivity contribution < 1.29 is 19.7 Å². The fourth-order valence-electron chi connectivity index (χ4n) is 4.88. The third kappa shape index (κ3) is 7.56. The van der Waals surface area contributed by atoms with E-state index in [1.165, 1.54) is 0 Å². The molecule has 5 heteroatoms. The average Bonchev–Trinajstić information content (AvgIpc) is 3.01. The third-order valence-electron chi connectivity index (χ3n) is 7.19. The fourth-order valence-corrected chi connectivity index (χ4v) is 4.88. The van der Waals surface area contributed by atoms with Crippen LogP contribution in [0.3, 0.4) is 0 Å². The van der Waals surface area contributed by atoms with E-state index < -0.39 is 11.6 Å². The zero-order valence-corrected chi connectivity index (χ0v) is 24.1. The van der Waals surface area contributed by atoms with Crippen molar-refractivity contribution in [1.82, 2.24) is 0 Å². The fraction of sp³-hybridized carbons (Fsp3) is 0.306. The molecule has 0 radical (unpaired) electrons. The lowest BCUT2D eigenvalue weighted by atomic mass is 9.77. The van der Waals surface area contributed by atoms with E-state index in [9.17, 15) is 10.2 Å². The summed E-state index contributed by atoms with van der Waals surface area (Å²) in [6.45, 7) is 5.34. The van der Waals surface area contributed by atoms with Gasteiger partial charge < -0.3 is 19.7 Å². The normalized spacial score (nSPS) is 12.4. The van der Waals surface area contributed by atoms with Crippen LogP contribution in [0.5, 0.6) is 17.2 Å². The number of aromatic hydroxyl groups is 1. The largest absolute Gasteiger partial charge is 0.507 e. The van der Waals surface area contributed by atoms with Crippen molar-refractivity contribution in [2.45, 2.75) is 57.6 Å². The molecule has 1 atom stereocenters. The minimum Gasteiger partial charge on any atom is -0.507 e. The lowest BCUT2D eigenvalue weighted by Gasteiger charge is -2.37.